The van der Waals surface area contributed by atoms with Gasteiger partial charge in [0.1, 0.15) is 12.4 Å². The van der Waals surface area contributed by atoms with Gasteiger partial charge < -0.3 is 10.5 Å². The zero-order valence-electron chi connectivity index (χ0n) is 10.9. The quantitative estimate of drug-likeness (QED) is 0.940. The van der Waals surface area contributed by atoms with Crippen molar-refractivity contribution in [3.05, 3.63) is 65.2 Å². The number of primary amides is 1. The van der Waals surface area contributed by atoms with Gasteiger partial charge in [-0.2, -0.15) is 13.2 Å². The summed E-state index contributed by atoms with van der Waals surface area (Å²) >= 11 is 0. The average Bonchev–Trinajstić information content (AvgIpc) is 2.45. The standard InChI is InChI=1S/C15H12F3NO2/c16-15(17,18)11-5-3-4-10(8-11)9-21-13-7-2-1-6-12(13)14(19)20/h1-8H,9H2,(H2,19,20). The van der Waals surface area contributed by atoms with Crippen molar-refractivity contribution in [3.8, 4) is 5.75 Å². The number of ether oxygens (including phenoxy) is 1. The Kier molecular flexibility index (Phi) is 4.16. The third kappa shape index (κ3) is 3.75. The fourth-order valence-corrected chi connectivity index (χ4v) is 1.79. The van der Waals surface area contributed by atoms with Gasteiger partial charge in [0, 0.05) is 0 Å². The molecule has 2 aromatic carbocycles. The van der Waals surface area contributed by atoms with Crippen LogP contribution in [0, 0.1) is 0 Å². The third-order valence-corrected chi connectivity index (χ3v) is 2.80. The molecule has 0 heterocycles. The Hall–Kier alpha value is -2.50. The Bertz CT molecular complexity index is 653. The average molecular weight is 295 g/mol. The summed E-state index contributed by atoms with van der Waals surface area (Å²) in [6, 6.07) is 11.1. The van der Waals surface area contributed by atoms with Crippen LogP contribution in [0.5, 0.6) is 5.75 Å². The molecule has 2 N–H and O–H groups in total. The SMILES string of the molecule is NC(=O)c1ccccc1OCc1cccc(C(F)(F)F)c1. The molecular weight excluding hydrogens is 283 g/mol. The van der Waals surface area contributed by atoms with Gasteiger partial charge >= 0.3 is 6.18 Å². The van der Waals surface area contributed by atoms with Crippen LogP contribution in [0.25, 0.3) is 0 Å². The molecule has 0 fully saturated rings. The van der Waals surface area contributed by atoms with Crippen LogP contribution in [0.4, 0.5) is 13.2 Å². The van der Waals surface area contributed by atoms with Crippen molar-refractivity contribution >= 4 is 5.91 Å². The van der Waals surface area contributed by atoms with Gasteiger partial charge in [0.15, 0.2) is 0 Å². The van der Waals surface area contributed by atoms with Crippen molar-refractivity contribution in [2.45, 2.75) is 12.8 Å². The molecule has 0 aliphatic rings. The topological polar surface area (TPSA) is 52.3 Å². The van der Waals surface area contributed by atoms with Crippen molar-refractivity contribution in [1.29, 1.82) is 0 Å². The lowest BCUT2D eigenvalue weighted by atomic mass is 10.1. The van der Waals surface area contributed by atoms with Gasteiger partial charge in [-0.05, 0) is 29.8 Å². The fraction of sp³-hybridized carbons (Fsp3) is 0.133. The van der Waals surface area contributed by atoms with E-state index < -0.39 is 17.6 Å². The van der Waals surface area contributed by atoms with Gasteiger partial charge in [0.05, 0.1) is 11.1 Å². The Morgan fingerprint density at radius 2 is 1.81 bits per heavy atom. The smallest absolute Gasteiger partial charge is 0.416 e. The van der Waals surface area contributed by atoms with Gasteiger partial charge in [-0.1, -0.05) is 24.3 Å². The van der Waals surface area contributed by atoms with E-state index in [1.807, 2.05) is 0 Å². The molecule has 110 valence electrons. The number of hydrogen-bond donors (Lipinski definition) is 1. The zero-order chi connectivity index (χ0) is 15.5. The summed E-state index contributed by atoms with van der Waals surface area (Å²) in [6.07, 6.45) is -4.40. The molecule has 21 heavy (non-hydrogen) atoms. The Labute approximate surface area is 119 Å². The van der Waals surface area contributed by atoms with E-state index in [1.165, 1.54) is 24.3 Å². The molecule has 0 aliphatic heterocycles. The molecule has 0 aromatic heterocycles. The zero-order valence-corrected chi connectivity index (χ0v) is 10.9. The Balaban J connectivity index is 2.16. The van der Waals surface area contributed by atoms with Crippen LogP contribution < -0.4 is 10.5 Å². The highest BCUT2D eigenvalue weighted by Gasteiger charge is 2.30. The lowest BCUT2D eigenvalue weighted by molar-refractivity contribution is -0.137. The number of nitrogens with two attached hydrogens (primary N) is 1. The Morgan fingerprint density at radius 3 is 2.48 bits per heavy atom. The van der Waals surface area contributed by atoms with E-state index in [0.29, 0.717) is 5.56 Å². The number of benzene rings is 2. The van der Waals surface area contributed by atoms with Gasteiger partial charge in [-0.25, -0.2) is 0 Å². The van der Waals surface area contributed by atoms with Crippen LogP contribution in [-0.2, 0) is 12.8 Å². The number of halogens is 3. The highest BCUT2D eigenvalue weighted by Crippen LogP contribution is 2.29. The normalized spacial score (nSPS) is 11.2. The maximum atomic E-state index is 12.6. The van der Waals surface area contributed by atoms with E-state index in [2.05, 4.69) is 0 Å². The molecule has 1 amide bonds. The summed E-state index contributed by atoms with van der Waals surface area (Å²) < 4.78 is 43.2. The van der Waals surface area contributed by atoms with Crippen molar-refractivity contribution in [1.82, 2.24) is 0 Å². The van der Waals surface area contributed by atoms with Crippen LogP contribution in [0.3, 0.4) is 0 Å². The molecule has 0 atom stereocenters. The van der Waals surface area contributed by atoms with Crippen LogP contribution in [0.2, 0.25) is 0 Å². The predicted molar refractivity (Wildman–Crippen MR) is 70.7 cm³/mol. The highest BCUT2D eigenvalue weighted by atomic mass is 19.4. The van der Waals surface area contributed by atoms with Gasteiger partial charge in [-0.3, -0.25) is 4.79 Å². The number of rotatable bonds is 4. The second-order valence-electron chi connectivity index (χ2n) is 4.35. The first-order valence-electron chi connectivity index (χ1n) is 6.05. The van der Waals surface area contributed by atoms with Crippen molar-refractivity contribution < 1.29 is 22.7 Å². The molecule has 2 aromatic rings. The molecule has 0 aliphatic carbocycles. The minimum absolute atomic E-state index is 0.0891. The van der Waals surface area contributed by atoms with Gasteiger partial charge in [0.25, 0.3) is 5.91 Å². The van der Waals surface area contributed by atoms with E-state index in [1.54, 1.807) is 12.1 Å². The summed E-state index contributed by atoms with van der Waals surface area (Å²) in [5.74, 6) is -0.419. The van der Waals surface area contributed by atoms with E-state index in [-0.39, 0.29) is 17.9 Å². The molecule has 0 bridgehead atoms. The van der Waals surface area contributed by atoms with E-state index in [0.717, 1.165) is 12.1 Å². The molecule has 6 heteroatoms. The first kappa shape index (κ1) is 14.9. The van der Waals surface area contributed by atoms with Crippen molar-refractivity contribution in [2.75, 3.05) is 0 Å². The van der Waals surface area contributed by atoms with Crippen LogP contribution in [-0.4, -0.2) is 5.91 Å². The molecule has 3 nitrogen and oxygen atoms in total. The number of carbonyl (C=O) groups is 1. The lowest BCUT2D eigenvalue weighted by Gasteiger charge is -2.11. The molecule has 0 radical (unpaired) electrons. The summed E-state index contributed by atoms with van der Waals surface area (Å²) in [7, 11) is 0. The van der Waals surface area contributed by atoms with Gasteiger partial charge in [0.2, 0.25) is 0 Å². The molecule has 0 unspecified atom stereocenters. The number of hydrogen-bond acceptors (Lipinski definition) is 2. The second-order valence-corrected chi connectivity index (χ2v) is 4.35. The van der Waals surface area contributed by atoms with Crippen molar-refractivity contribution in [2.24, 2.45) is 5.73 Å². The predicted octanol–water partition coefficient (Wildman–Crippen LogP) is 3.38. The minimum Gasteiger partial charge on any atom is -0.488 e. The maximum Gasteiger partial charge on any atom is 0.416 e. The summed E-state index contributed by atoms with van der Waals surface area (Å²) in [4.78, 5) is 11.2. The van der Waals surface area contributed by atoms with E-state index in [4.69, 9.17) is 10.5 Å². The molecule has 0 saturated heterocycles. The van der Waals surface area contributed by atoms with Crippen LogP contribution in [0.1, 0.15) is 21.5 Å². The van der Waals surface area contributed by atoms with Crippen LogP contribution in [0.15, 0.2) is 48.5 Å². The molecule has 2 rings (SSSR count). The third-order valence-electron chi connectivity index (χ3n) is 2.80. The van der Waals surface area contributed by atoms with E-state index in [9.17, 15) is 18.0 Å². The number of para-hydroxylation sites is 1. The summed E-state index contributed by atoms with van der Waals surface area (Å²) in [5, 5.41) is 0. The maximum absolute atomic E-state index is 12.6. The lowest BCUT2D eigenvalue weighted by Crippen LogP contribution is -2.13. The number of amides is 1. The van der Waals surface area contributed by atoms with Crippen molar-refractivity contribution in [3.63, 3.8) is 0 Å². The second kappa shape index (κ2) is 5.87. The first-order valence-corrected chi connectivity index (χ1v) is 6.05. The van der Waals surface area contributed by atoms with E-state index >= 15 is 0 Å². The highest BCUT2D eigenvalue weighted by molar-refractivity contribution is 5.95. The largest absolute Gasteiger partial charge is 0.488 e. The fourth-order valence-electron chi connectivity index (χ4n) is 1.79. The monoisotopic (exact) mass is 295 g/mol. The molecule has 0 spiro atoms. The molecule has 0 saturated carbocycles. The van der Waals surface area contributed by atoms with Gasteiger partial charge in [-0.15, -0.1) is 0 Å². The number of alkyl halides is 3. The molecular formula is C15H12F3NO2. The summed E-state index contributed by atoms with van der Waals surface area (Å²) in [5.41, 5.74) is 4.99. The number of carbonyl (C=O) groups excluding carboxylic acids is 1. The first-order chi connectivity index (χ1) is 9.88. The van der Waals surface area contributed by atoms with Crippen LogP contribution >= 0.6 is 0 Å². The minimum atomic E-state index is -4.40. The summed E-state index contributed by atoms with van der Waals surface area (Å²) in [6.45, 7) is -0.0891. The Morgan fingerprint density at radius 1 is 1.10 bits per heavy atom.